The van der Waals surface area contributed by atoms with E-state index in [1.807, 2.05) is 0 Å². The maximum absolute atomic E-state index is 10.6. The van der Waals surface area contributed by atoms with Gasteiger partial charge in [0.25, 0.3) is 0 Å². The van der Waals surface area contributed by atoms with E-state index >= 15 is 0 Å². The Bertz CT molecular complexity index is 131. The van der Waals surface area contributed by atoms with Crippen molar-refractivity contribution in [2.75, 3.05) is 0 Å². The second-order valence-electron chi connectivity index (χ2n) is 3.88. The van der Waals surface area contributed by atoms with Crippen LogP contribution in [0.15, 0.2) is 0 Å². The molecule has 0 spiro atoms. The fourth-order valence-corrected chi connectivity index (χ4v) is 17.0. The first-order valence-electron chi connectivity index (χ1n) is 5.02. The molecule has 0 rings (SSSR count). The van der Waals surface area contributed by atoms with E-state index in [1.54, 1.807) is 0 Å². The number of amides is 1. The summed E-state index contributed by atoms with van der Waals surface area (Å²) >= 11 is -2.85. The van der Waals surface area contributed by atoms with Gasteiger partial charge < -0.3 is 0 Å². The molecule has 0 aliphatic rings. The van der Waals surface area contributed by atoms with Crippen LogP contribution in [0, 0.1) is 0 Å². The zero-order valence-electron chi connectivity index (χ0n) is 8.81. The Kier molecular flexibility index (Phi) is 4.67. The molecule has 12 heavy (non-hydrogen) atoms. The fourth-order valence-electron chi connectivity index (χ4n) is 2.07. The van der Waals surface area contributed by atoms with E-state index in [-0.39, 0.29) is 0 Å². The van der Waals surface area contributed by atoms with Crippen LogP contribution in [0.5, 0.6) is 0 Å². The summed E-state index contributed by atoms with van der Waals surface area (Å²) in [5, 5.41) is 0. The van der Waals surface area contributed by atoms with Crippen molar-refractivity contribution in [1.82, 2.24) is 3.30 Å². The summed E-state index contributed by atoms with van der Waals surface area (Å²) in [5.41, 5.74) is 0. The zero-order valence-corrected chi connectivity index (χ0v) is 12.4. The van der Waals surface area contributed by atoms with Gasteiger partial charge in [-0.2, -0.15) is 0 Å². The predicted octanol–water partition coefficient (Wildman–Crippen LogP) is 3.09. The van der Waals surface area contributed by atoms with Gasteiger partial charge in [-0.25, -0.2) is 0 Å². The van der Waals surface area contributed by atoms with Gasteiger partial charge in [0.05, 0.1) is 0 Å². The van der Waals surface area contributed by atoms with E-state index < -0.39 is 18.8 Å². The minimum atomic E-state index is -2.85. The molecule has 2 nitrogen and oxygen atoms in total. The van der Waals surface area contributed by atoms with Crippen molar-refractivity contribution in [1.29, 1.82) is 0 Å². The third kappa shape index (κ3) is 1.98. The molecule has 0 saturated carbocycles. The molecule has 73 valence electrons. The van der Waals surface area contributed by atoms with Gasteiger partial charge in [-0.15, -0.1) is 0 Å². The molecule has 3 heteroatoms. The van der Waals surface area contributed by atoms with Crippen molar-refractivity contribution >= 4 is 6.41 Å². The van der Waals surface area contributed by atoms with Gasteiger partial charge in [0, 0.05) is 0 Å². The van der Waals surface area contributed by atoms with E-state index in [1.165, 1.54) is 16.7 Å². The fraction of sp³-hybridized carbons (Fsp3) is 0.889. The van der Waals surface area contributed by atoms with E-state index in [9.17, 15) is 4.79 Å². The summed E-state index contributed by atoms with van der Waals surface area (Å²) in [6.45, 7) is 8.95. The summed E-state index contributed by atoms with van der Waals surface area (Å²) < 4.78 is 8.13. The summed E-state index contributed by atoms with van der Waals surface area (Å²) in [7, 11) is 0. The first-order valence-corrected chi connectivity index (χ1v) is 17.0. The van der Waals surface area contributed by atoms with Gasteiger partial charge in [0.15, 0.2) is 0 Å². The third-order valence-electron chi connectivity index (χ3n) is 4.17. The van der Waals surface area contributed by atoms with Crippen molar-refractivity contribution in [2.24, 2.45) is 0 Å². The number of carbonyl (C=O) groups excluding carboxylic acids is 1. The van der Waals surface area contributed by atoms with Crippen molar-refractivity contribution in [3.63, 3.8) is 0 Å². The van der Waals surface area contributed by atoms with Crippen LogP contribution < -0.4 is 3.30 Å². The Balaban J connectivity index is 4.82. The molecule has 0 heterocycles. The maximum atomic E-state index is 10.6. The molecule has 0 atom stereocenters. The molecule has 1 amide bonds. The van der Waals surface area contributed by atoms with Crippen LogP contribution in [-0.2, 0) is 23.6 Å². The first-order chi connectivity index (χ1) is 5.62. The Morgan fingerprint density at radius 3 is 1.42 bits per heavy atom. The van der Waals surface area contributed by atoms with Crippen molar-refractivity contribution < 1.29 is 23.6 Å². The van der Waals surface area contributed by atoms with Gasteiger partial charge in [0.2, 0.25) is 0 Å². The van der Waals surface area contributed by atoms with Crippen molar-refractivity contribution in [2.45, 2.75) is 44.4 Å². The summed E-state index contributed by atoms with van der Waals surface area (Å²) in [5.74, 6) is 0. The second-order valence-corrected chi connectivity index (χ2v) is 30.9. The molecule has 0 saturated heterocycles. The number of hydrogen-bond donors (Lipinski definition) is 1. The average molecular weight is 339 g/mol. The van der Waals surface area contributed by atoms with Crippen LogP contribution in [0.4, 0.5) is 0 Å². The first kappa shape index (κ1) is 12.3. The molecule has 0 fully saturated rings. The molecule has 0 aliphatic carbocycles. The van der Waals surface area contributed by atoms with E-state index in [0.717, 1.165) is 6.41 Å². The number of carbonyl (C=O) groups is 1. The number of nitrogens with one attached hydrogen (secondary N) is 1. The van der Waals surface area contributed by atoms with Crippen LogP contribution >= 0.6 is 0 Å². The Hall–Kier alpha value is 0.340. The average Bonchev–Trinajstić information content (AvgIpc) is 2.16. The Morgan fingerprint density at radius 1 is 1.00 bits per heavy atom. The van der Waals surface area contributed by atoms with Crippen LogP contribution in [0.3, 0.4) is 0 Å². The predicted molar refractivity (Wildman–Crippen MR) is 51.1 cm³/mol. The molecular weight excluding hydrogens is 317 g/mol. The normalized spacial score (nSPS) is 14.8. The summed E-state index contributed by atoms with van der Waals surface area (Å²) in [6, 6.07) is 0. The van der Waals surface area contributed by atoms with Crippen molar-refractivity contribution in [3.8, 4) is 0 Å². The molecular formula is C9H22HfNO. The van der Waals surface area contributed by atoms with Crippen LogP contribution in [0.25, 0.3) is 0 Å². The summed E-state index contributed by atoms with van der Waals surface area (Å²) in [4.78, 5) is 10.6. The molecule has 0 aromatic carbocycles. The quantitative estimate of drug-likeness (QED) is 0.585. The van der Waals surface area contributed by atoms with E-state index in [4.69, 9.17) is 0 Å². The van der Waals surface area contributed by atoms with E-state index in [0.29, 0.717) is 0 Å². The van der Waals surface area contributed by atoms with Gasteiger partial charge in [0.1, 0.15) is 0 Å². The second kappa shape index (κ2) is 4.54. The molecule has 1 N–H and O–H groups in total. The zero-order chi connectivity index (χ0) is 9.69. The molecule has 0 radical (unpaired) electrons. The number of hydrogen-bond acceptors (Lipinski definition) is 1. The molecule has 0 aromatic rings. The van der Waals surface area contributed by atoms with Gasteiger partial charge in [-0.05, 0) is 0 Å². The minimum absolute atomic E-state index is 0.940. The monoisotopic (exact) mass is 340 g/mol. The molecule has 0 bridgehead atoms. The van der Waals surface area contributed by atoms with Crippen LogP contribution in [0.1, 0.15) is 27.7 Å². The van der Waals surface area contributed by atoms with Gasteiger partial charge in [-0.3, -0.25) is 0 Å². The molecule has 0 unspecified atom stereocenters. The molecule has 0 aromatic heterocycles. The van der Waals surface area contributed by atoms with Crippen molar-refractivity contribution in [3.05, 3.63) is 0 Å². The standard InChI is InChI=1S/4C2H5.CH3NO.Hf/c4*1-2;2-1-3;/h4*1H2,2H3;1H,(H2,2,3);/q;;;;;+1/p-1. The van der Waals surface area contributed by atoms with Gasteiger partial charge >= 0.3 is 77.7 Å². The van der Waals surface area contributed by atoms with Crippen LogP contribution in [-0.4, -0.2) is 6.41 Å². The van der Waals surface area contributed by atoms with E-state index in [2.05, 4.69) is 31.0 Å². The SMILES string of the molecule is C[CH2][Hf]([CH2]C)([CH2]C)([CH2]C)[NH]C=O. The Labute approximate surface area is 77.6 Å². The van der Waals surface area contributed by atoms with Gasteiger partial charge in [-0.1, -0.05) is 0 Å². The third-order valence-corrected chi connectivity index (χ3v) is 34.2. The summed E-state index contributed by atoms with van der Waals surface area (Å²) in [6.07, 6.45) is 0.940. The molecule has 0 aliphatic heterocycles. The Morgan fingerprint density at radius 2 is 1.33 bits per heavy atom. The topological polar surface area (TPSA) is 29.1 Å². The number of rotatable bonds is 6. The van der Waals surface area contributed by atoms with Crippen LogP contribution in [0.2, 0.25) is 16.7 Å².